The average Bonchev–Trinajstić information content (AvgIpc) is 2.47. The third kappa shape index (κ3) is 3.40. The van der Waals surface area contributed by atoms with Crippen LogP contribution in [0.25, 0.3) is 0 Å². The minimum Gasteiger partial charge on any atom is -0.475 e. The smallest absolute Gasteiger partial charge is 0.371 e. The van der Waals surface area contributed by atoms with Gasteiger partial charge in [-0.05, 0) is 18.9 Å². The highest BCUT2D eigenvalue weighted by molar-refractivity contribution is 5.84. The Morgan fingerprint density at radius 1 is 1.60 bits per heavy atom. The second kappa shape index (κ2) is 4.98. The van der Waals surface area contributed by atoms with Crippen molar-refractivity contribution in [3.8, 4) is 0 Å². The molecule has 0 fully saturated rings. The SMILES string of the molecule is Cc1oc(C(=O)O)cc1COCC(C)C. The predicted molar refractivity (Wildman–Crippen MR) is 54.9 cm³/mol. The number of hydrogen-bond donors (Lipinski definition) is 1. The summed E-state index contributed by atoms with van der Waals surface area (Å²) >= 11 is 0. The van der Waals surface area contributed by atoms with Gasteiger partial charge in [0.1, 0.15) is 5.76 Å². The van der Waals surface area contributed by atoms with Crippen LogP contribution in [0.2, 0.25) is 0 Å². The van der Waals surface area contributed by atoms with Crippen molar-refractivity contribution in [2.75, 3.05) is 6.61 Å². The lowest BCUT2D eigenvalue weighted by atomic mass is 10.2. The van der Waals surface area contributed by atoms with Crippen LogP contribution in [0.1, 0.15) is 35.7 Å². The molecule has 0 saturated carbocycles. The van der Waals surface area contributed by atoms with Crippen LogP contribution in [-0.4, -0.2) is 17.7 Å². The molecule has 4 heteroatoms. The molecule has 0 atom stereocenters. The van der Waals surface area contributed by atoms with E-state index in [4.69, 9.17) is 14.3 Å². The lowest BCUT2D eigenvalue weighted by Gasteiger charge is -2.05. The third-order valence-corrected chi connectivity index (χ3v) is 1.94. The summed E-state index contributed by atoms with van der Waals surface area (Å²) in [4.78, 5) is 10.6. The number of carbonyl (C=O) groups is 1. The third-order valence-electron chi connectivity index (χ3n) is 1.94. The van der Waals surface area contributed by atoms with Gasteiger partial charge in [-0.2, -0.15) is 0 Å². The number of carboxylic acids is 1. The Kier molecular flexibility index (Phi) is 3.91. The summed E-state index contributed by atoms with van der Waals surface area (Å²) in [6, 6.07) is 1.51. The van der Waals surface area contributed by atoms with Crippen LogP contribution in [0.3, 0.4) is 0 Å². The molecule has 15 heavy (non-hydrogen) atoms. The van der Waals surface area contributed by atoms with E-state index in [1.54, 1.807) is 6.92 Å². The molecule has 1 aromatic rings. The molecule has 0 amide bonds. The van der Waals surface area contributed by atoms with Crippen molar-refractivity contribution < 1.29 is 19.1 Å². The second-order valence-corrected chi connectivity index (χ2v) is 3.91. The Morgan fingerprint density at radius 3 is 2.73 bits per heavy atom. The number of carboxylic acid groups (broad SMARTS) is 1. The minimum atomic E-state index is -1.05. The van der Waals surface area contributed by atoms with E-state index in [1.807, 2.05) is 0 Å². The Morgan fingerprint density at radius 2 is 2.27 bits per heavy atom. The Labute approximate surface area is 88.8 Å². The first-order valence-corrected chi connectivity index (χ1v) is 4.91. The Bertz CT molecular complexity index is 338. The van der Waals surface area contributed by atoms with Crippen molar-refractivity contribution in [1.82, 2.24) is 0 Å². The molecular formula is C11H16O4. The van der Waals surface area contributed by atoms with E-state index in [1.165, 1.54) is 6.07 Å². The topological polar surface area (TPSA) is 59.7 Å². The summed E-state index contributed by atoms with van der Waals surface area (Å²) in [5, 5.41) is 8.70. The highest BCUT2D eigenvalue weighted by Gasteiger charge is 2.12. The molecule has 4 nitrogen and oxygen atoms in total. The molecule has 1 aromatic heterocycles. The zero-order valence-electron chi connectivity index (χ0n) is 9.24. The quantitative estimate of drug-likeness (QED) is 0.814. The van der Waals surface area contributed by atoms with Crippen LogP contribution in [0.5, 0.6) is 0 Å². The van der Waals surface area contributed by atoms with Gasteiger partial charge in [-0.25, -0.2) is 4.79 Å². The zero-order chi connectivity index (χ0) is 11.4. The summed E-state index contributed by atoms with van der Waals surface area (Å²) in [6.45, 7) is 6.92. The van der Waals surface area contributed by atoms with E-state index in [-0.39, 0.29) is 5.76 Å². The van der Waals surface area contributed by atoms with Gasteiger partial charge in [-0.15, -0.1) is 0 Å². The monoisotopic (exact) mass is 212 g/mol. The van der Waals surface area contributed by atoms with Crippen molar-refractivity contribution in [1.29, 1.82) is 0 Å². The summed E-state index contributed by atoms with van der Waals surface area (Å²) < 4.78 is 10.5. The van der Waals surface area contributed by atoms with Gasteiger partial charge in [0.15, 0.2) is 0 Å². The fourth-order valence-electron chi connectivity index (χ4n) is 1.17. The largest absolute Gasteiger partial charge is 0.475 e. The molecule has 0 radical (unpaired) electrons. The maximum absolute atomic E-state index is 10.6. The molecule has 84 valence electrons. The first kappa shape index (κ1) is 11.8. The number of hydrogen-bond acceptors (Lipinski definition) is 3. The van der Waals surface area contributed by atoms with Crippen LogP contribution >= 0.6 is 0 Å². The molecule has 0 aromatic carbocycles. The summed E-state index contributed by atoms with van der Waals surface area (Å²) in [5.41, 5.74) is 0.799. The Balaban J connectivity index is 2.57. The number of furan rings is 1. The normalized spacial score (nSPS) is 10.9. The molecule has 0 bridgehead atoms. The summed E-state index contributed by atoms with van der Waals surface area (Å²) in [5.74, 6) is -0.00355. The van der Waals surface area contributed by atoms with Gasteiger partial charge in [-0.1, -0.05) is 13.8 Å². The van der Waals surface area contributed by atoms with E-state index in [0.29, 0.717) is 24.9 Å². The van der Waals surface area contributed by atoms with Crippen molar-refractivity contribution in [2.24, 2.45) is 5.92 Å². The van der Waals surface area contributed by atoms with Crippen LogP contribution in [0, 0.1) is 12.8 Å². The van der Waals surface area contributed by atoms with E-state index in [2.05, 4.69) is 13.8 Å². The first-order chi connectivity index (χ1) is 7.00. The van der Waals surface area contributed by atoms with Gasteiger partial charge in [-0.3, -0.25) is 0 Å². The van der Waals surface area contributed by atoms with Crippen LogP contribution < -0.4 is 0 Å². The highest BCUT2D eigenvalue weighted by atomic mass is 16.5. The highest BCUT2D eigenvalue weighted by Crippen LogP contribution is 2.15. The van der Waals surface area contributed by atoms with Gasteiger partial charge in [0.2, 0.25) is 5.76 Å². The standard InChI is InChI=1S/C11H16O4/c1-7(2)5-14-6-9-4-10(11(12)13)15-8(9)3/h4,7H,5-6H2,1-3H3,(H,12,13). The molecular weight excluding hydrogens is 196 g/mol. The first-order valence-electron chi connectivity index (χ1n) is 4.91. The number of rotatable bonds is 5. The molecule has 0 saturated heterocycles. The molecule has 1 heterocycles. The van der Waals surface area contributed by atoms with E-state index in [0.717, 1.165) is 5.56 Å². The van der Waals surface area contributed by atoms with E-state index >= 15 is 0 Å². The maximum Gasteiger partial charge on any atom is 0.371 e. The fraction of sp³-hybridized carbons (Fsp3) is 0.545. The van der Waals surface area contributed by atoms with Crippen molar-refractivity contribution in [3.63, 3.8) is 0 Å². The van der Waals surface area contributed by atoms with E-state index in [9.17, 15) is 4.79 Å². The molecule has 1 rings (SSSR count). The summed E-state index contributed by atoms with van der Waals surface area (Å²) in [6.07, 6.45) is 0. The van der Waals surface area contributed by atoms with Gasteiger partial charge in [0.25, 0.3) is 0 Å². The number of aryl methyl sites for hydroxylation is 1. The van der Waals surface area contributed by atoms with E-state index < -0.39 is 5.97 Å². The molecule has 1 N–H and O–H groups in total. The molecule has 0 aliphatic carbocycles. The number of ether oxygens (including phenoxy) is 1. The lowest BCUT2D eigenvalue weighted by molar-refractivity contribution is 0.0661. The second-order valence-electron chi connectivity index (χ2n) is 3.91. The van der Waals surface area contributed by atoms with Gasteiger partial charge >= 0.3 is 5.97 Å². The molecule has 0 aliphatic rings. The van der Waals surface area contributed by atoms with Crippen LogP contribution in [-0.2, 0) is 11.3 Å². The van der Waals surface area contributed by atoms with Crippen molar-refractivity contribution in [3.05, 3.63) is 23.2 Å². The Hall–Kier alpha value is -1.29. The fourth-order valence-corrected chi connectivity index (χ4v) is 1.17. The van der Waals surface area contributed by atoms with Crippen molar-refractivity contribution in [2.45, 2.75) is 27.4 Å². The molecule has 0 aliphatic heterocycles. The summed E-state index contributed by atoms with van der Waals surface area (Å²) in [7, 11) is 0. The maximum atomic E-state index is 10.6. The van der Waals surface area contributed by atoms with Crippen LogP contribution in [0.15, 0.2) is 10.5 Å². The minimum absolute atomic E-state index is 0.0318. The lowest BCUT2D eigenvalue weighted by Crippen LogP contribution is -2.01. The average molecular weight is 212 g/mol. The number of aromatic carboxylic acids is 1. The van der Waals surface area contributed by atoms with Gasteiger partial charge in [0.05, 0.1) is 6.61 Å². The van der Waals surface area contributed by atoms with Crippen molar-refractivity contribution >= 4 is 5.97 Å². The van der Waals surface area contributed by atoms with Crippen LogP contribution in [0.4, 0.5) is 0 Å². The van der Waals surface area contributed by atoms with Gasteiger partial charge in [0, 0.05) is 12.2 Å². The molecule has 0 spiro atoms. The van der Waals surface area contributed by atoms with Gasteiger partial charge < -0.3 is 14.3 Å². The predicted octanol–water partition coefficient (Wildman–Crippen LogP) is 2.46. The zero-order valence-corrected chi connectivity index (χ0v) is 9.24. The molecule has 0 unspecified atom stereocenters.